The van der Waals surface area contributed by atoms with E-state index in [1.807, 2.05) is 13.8 Å². The van der Waals surface area contributed by atoms with Crippen LogP contribution in [-0.4, -0.2) is 112 Å². The molecule has 0 bridgehead atoms. The Bertz CT molecular complexity index is 1500. The predicted octanol–water partition coefficient (Wildman–Crippen LogP) is -1.12. The SMILES string of the molecule is CC(C)C[C@@H]1NC(=O)[C@H](Cc2ccccc2)NC(=O)[C@H]([C@@H](C)O)NC(=O)CN(C)C(=O)[C@H]([C@@H](C)O)NC(=O)[C@H](Cc2ccc(O)cc2)NC1=O. The van der Waals surface area contributed by atoms with Gasteiger partial charge < -0.3 is 46.8 Å². The number of phenolic OH excluding ortho intramolecular Hbond substituents is 1. The van der Waals surface area contributed by atoms with Gasteiger partial charge in [0.2, 0.25) is 35.4 Å². The van der Waals surface area contributed by atoms with Crippen LogP contribution in [-0.2, 0) is 41.6 Å². The Balaban J connectivity index is 2.08. The van der Waals surface area contributed by atoms with Crippen LogP contribution in [0.1, 0.15) is 45.2 Å². The van der Waals surface area contributed by atoms with Gasteiger partial charge in [0.15, 0.2) is 0 Å². The van der Waals surface area contributed by atoms with Crippen LogP contribution in [0.4, 0.5) is 0 Å². The fourth-order valence-corrected chi connectivity index (χ4v) is 5.44. The summed E-state index contributed by atoms with van der Waals surface area (Å²) in [6.07, 6.45) is -2.80. The second-order valence-electron chi connectivity index (χ2n) is 13.1. The molecule has 272 valence electrons. The van der Waals surface area contributed by atoms with Gasteiger partial charge in [-0.3, -0.25) is 28.8 Å². The first-order chi connectivity index (χ1) is 23.5. The quantitative estimate of drug-likeness (QED) is 0.167. The highest BCUT2D eigenvalue weighted by Crippen LogP contribution is 2.14. The van der Waals surface area contributed by atoms with E-state index in [9.17, 15) is 44.1 Å². The molecule has 1 saturated heterocycles. The molecule has 15 heteroatoms. The van der Waals surface area contributed by atoms with Crippen molar-refractivity contribution in [1.82, 2.24) is 31.5 Å². The average Bonchev–Trinajstić information content (AvgIpc) is 3.05. The minimum Gasteiger partial charge on any atom is -0.508 e. The second kappa shape index (κ2) is 18.1. The van der Waals surface area contributed by atoms with Gasteiger partial charge in [-0.1, -0.05) is 56.3 Å². The Morgan fingerprint density at radius 1 is 0.640 bits per heavy atom. The highest BCUT2D eigenvalue weighted by molar-refractivity contribution is 5.98. The highest BCUT2D eigenvalue weighted by Gasteiger charge is 2.36. The van der Waals surface area contributed by atoms with Crippen LogP contribution in [0.25, 0.3) is 0 Å². The summed E-state index contributed by atoms with van der Waals surface area (Å²) in [4.78, 5) is 82.4. The maximum absolute atomic E-state index is 13.9. The van der Waals surface area contributed by atoms with Gasteiger partial charge in [0.1, 0.15) is 36.0 Å². The number of aromatic hydroxyl groups is 1. The van der Waals surface area contributed by atoms with Crippen LogP contribution in [0.3, 0.4) is 0 Å². The number of amides is 6. The Hall–Kier alpha value is -5.02. The zero-order valence-electron chi connectivity index (χ0n) is 28.9. The molecule has 1 heterocycles. The number of hydrogen-bond donors (Lipinski definition) is 8. The monoisotopic (exact) mass is 696 g/mol. The minimum absolute atomic E-state index is 0.00123. The summed E-state index contributed by atoms with van der Waals surface area (Å²) < 4.78 is 0. The van der Waals surface area contributed by atoms with Crippen molar-refractivity contribution < 1.29 is 44.1 Å². The molecule has 15 nitrogen and oxygen atoms in total. The number of aliphatic hydroxyl groups is 2. The lowest BCUT2D eigenvalue weighted by atomic mass is 9.99. The van der Waals surface area contributed by atoms with E-state index in [1.54, 1.807) is 42.5 Å². The summed E-state index contributed by atoms with van der Waals surface area (Å²) in [5.41, 5.74) is 1.22. The number of likely N-dealkylation sites (N-methyl/N-ethyl adjacent to an activating group) is 1. The van der Waals surface area contributed by atoms with E-state index in [0.29, 0.717) is 11.1 Å². The molecule has 0 unspecified atom stereocenters. The van der Waals surface area contributed by atoms with Gasteiger partial charge in [0.05, 0.1) is 18.8 Å². The van der Waals surface area contributed by atoms with E-state index in [4.69, 9.17) is 0 Å². The van der Waals surface area contributed by atoms with Gasteiger partial charge in [-0.15, -0.1) is 0 Å². The van der Waals surface area contributed by atoms with E-state index >= 15 is 0 Å². The van der Waals surface area contributed by atoms with Gasteiger partial charge in [-0.05, 0) is 49.4 Å². The average molecular weight is 697 g/mol. The van der Waals surface area contributed by atoms with Crippen molar-refractivity contribution in [2.24, 2.45) is 5.92 Å². The molecular weight excluding hydrogens is 648 g/mol. The summed E-state index contributed by atoms with van der Waals surface area (Å²) in [7, 11) is 1.26. The molecule has 3 rings (SSSR count). The third-order valence-corrected chi connectivity index (χ3v) is 8.15. The molecule has 1 aliphatic rings. The van der Waals surface area contributed by atoms with Crippen molar-refractivity contribution in [1.29, 1.82) is 0 Å². The molecule has 7 atom stereocenters. The summed E-state index contributed by atoms with van der Waals surface area (Å²) >= 11 is 0. The molecule has 0 radical (unpaired) electrons. The number of carbonyl (C=O) groups is 6. The zero-order valence-corrected chi connectivity index (χ0v) is 28.9. The molecule has 2 aromatic carbocycles. The molecule has 1 fully saturated rings. The fraction of sp³-hybridized carbons (Fsp3) is 0.486. The third kappa shape index (κ3) is 11.6. The van der Waals surface area contributed by atoms with E-state index in [2.05, 4.69) is 26.6 Å². The Morgan fingerprint density at radius 3 is 1.66 bits per heavy atom. The molecule has 0 aromatic heterocycles. The number of phenols is 1. The summed E-state index contributed by atoms with van der Waals surface area (Å²) in [5, 5.41) is 43.6. The van der Waals surface area contributed by atoms with Crippen LogP contribution >= 0.6 is 0 Å². The predicted molar refractivity (Wildman–Crippen MR) is 182 cm³/mol. The van der Waals surface area contributed by atoms with E-state index in [-0.39, 0.29) is 30.9 Å². The van der Waals surface area contributed by atoms with Crippen molar-refractivity contribution in [2.75, 3.05) is 13.6 Å². The fourth-order valence-electron chi connectivity index (χ4n) is 5.44. The van der Waals surface area contributed by atoms with Crippen molar-refractivity contribution in [3.8, 4) is 5.75 Å². The topological polar surface area (TPSA) is 226 Å². The molecule has 8 N–H and O–H groups in total. The van der Waals surface area contributed by atoms with Gasteiger partial charge in [-0.25, -0.2) is 0 Å². The standard InChI is InChI=1S/C35H48N6O9/c1-19(2)15-25-31(46)37-27(17-23-11-13-24(44)14-12-23)33(48)40-30(21(4)43)35(50)41(5)18-28(45)39-29(20(3)42)34(49)38-26(32(47)36-25)16-22-9-7-6-8-10-22/h6-14,19-21,25-27,29-30,42-44H,15-18H2,1-5H3,(H,36,47)(H,37,46)(H,38,49)(H,39,45)(H,40,48)/t20-,21-,25+,26+,27+,29+,30+/m1/s1. The highest BCUT2D eigenvalue weighted by atomic mass is 16.3. The normalized spacial score (nSPS) is 24.6. The molecule has 50 heavy (non-hydrogen) atoms. The maximum atomic E-state index is 13.9. The van der Waals surface area contributed by atoms with Gasteiger partial charge >= 0.3 is 0 Å². The van der Waals surface area contributed by atoms with Gasteiger partial charge in [0.25, 0.3) is 0 Å². The van der Waals surface area contributed by atoms with Crippen LogP contribution in [0, 0.1) is 5.92 Å². The van der Waals surface area contributed by atoms with Crippen LogP contribution in [0.5, 0.6) is 5.75 Å². The number of carbonyl (C=O) groups excluding carboxylic acids is 6. The molecule has 0 saturated carbocycles. The lowest BCUT2D eigenvalue weighted by molar-refractivity contribution is -0.142. The van der Waals surface area contributed by atoms with Crippen molar-refractivity contribution in [3.05, 3.63) is 65.7 Å². The first-order valence-corrected chi connectivity index (χ1v) is 16.5. The number of benzene rings is 2. The van der Waals surface area contributed by atoms with E-state index in [1.165, 1.54) is 33.0 Å². The Kier molecular flexibility index (Phi) is 14.3. The van der Waals surface area contributed by atoms with Gasteiger partial charge in [0, 0.05) is 19.9 Å². The van der Waals surface area contributed by atoms with E-state index < -0.39 is 84.4 Å². The molecule has 2 aromatic rings. The first-order valence-electron chi connectivity index (χ1n) is 16.5. The van der Waals surface area contributed by atoms with Crippen LogP contribution in [0.15, 0.2) is 54.6 Å². The third-order valence-electron chi connectivity index (χ3n) is 8.15. The number of hydrogen-bond acceptors (Lipinski definition) is 9. The smallest absolute Gasteiger partial charge is 0.248 e. The summed E-state index contributed by atoms with van der Waals surface area (Å²) in [6, 6.07) is 7.88. The van der Waals surface area contributed by atoms with Gasteiger partial charge in [-0.2, -0.15) is 0 Å². The number of nitrogens with one attached hydrogen (secondary N) is 5. The van der Waals surface area contributed by atoms with E-state index in [0.717, 1.165) is 4.90 Å². The minimum atomic E-state index is -1.54. The molecule has 6 amide bonds. The molecule has 0 spiro atoms. The lowest BCUT2D eigenvalue weighted by Crippen LogP contribution is -2.62. The number of rotatable bonds is 8. The first kappa shape index (κ1) is 39.4. The second-order valence-corrected chi connectivity index (χ2v) is 13.1. The summed E-state index contributed by atoms with van der Waals surface area (Å²) in [6.45, 7) is 5.59. The Morgan fingerprint density at radius 2 is 1.12 bits per heavy atom. The molecule has 1 aliphatic heterocycles. The van der Waals surface area contributed by atoms with Crippen LogP contribution in [0.2, 0.25) is 0 Å². The molecule has 0 aliphatic carbocycles. The van der Waals surface area contributed by atoms with Crippen LogP contribution < -0.4 is 26.6 Å². The summed E-state index contributed by atoms with van der Waals surface area (Å²) in [5.74, 6) is -4.96. The maximum Gasteiger partial charge on any atom is 0.248 e. The number of aliphatic hydroxyl groups excluding tert-OH is 2. The largest absolute Gasteiger partial charge is 0.508 e. The lowest BCUT2D eigenvalue weighted by Gasteiger charge is -2.31. The molecular formula is C35H48N6O9. The zero-order chi connectivity index (χ0) is 37.1. The van der Waals surface area contributed by atoms with Crippen molar-refractivity contribution in [2.45, 2.75) is 89.4 Å². The number of nitrogens with zero attached hydrogens (tertiary/aromatic N) is 1. The van der Waals surface area contributed by atoms with Crippen molar-refractivity contribution in [3.63, 3.8) is 0 Å². The van der Waals surface area contributed by atoms with Crippen molar-refractivity contribution >= 4 is 35.4 Å². The Labute approximate surface area is 291 Å².